The van der Waals surface area contributed by atoms with Gasteiger partial charge in [-0.3, -0.25) is 0 Å². The third-order valence-corrected chi connectivity index (χ3v) is 7.10. The summed E-state index contributed by atoms with van der Waals surface area (Å²) < 4.78 is 26.7. The summed E-state index contributed by atoms with van der Waals surface area (Å²) >= 11 is 6.68. The van der Waals surface area contributed by atoms with E-state index < -0.39 is 0 Å². The molecule has 180 valence electrons. The summed E-state index contributed by atoms with van der Waals surface area (Å²) in [4.78, 5) is 7.36. The van der Waals surface area contributed by atoms with Gasteiger partial charge in [0.15, 0.2) is 5.65 Å². The van der Waals surface area contributed by atoms with Gasteiger partial charge in [0, 0.05) is 24.2 Å². The van der Waals surface area contributed by atoms with Crippen LogP contribution in [0, 0.1) is 18.7 Å². The van der Waals surface area contributed by atoms with Crippen LogP contribution in [0.4, 0.5) is 10.2 Å². The van der Waals surface area contributed by atoms with E-state index in [0.29, 0.717) is 36.4 Å². The number of rotatable bonds is 7. The SMILES string of the molecule is COc1ccc(-c2c(C)nn3c(N(Cc4ccc(F)cc4)CC4CC4)c4c(nc23)COC4)c(Cl)c1. The van der Waals surface area contributed by atoms with Crippen LogP contribution in [0.5, 0.6) is 5.75 Å². The van der Waals surface area contributed by atoms with Gasteiger partial charge in [0.25, 0.3) is 0 Å². The monoisotopic (exact) mass is 492 g/mol. The standard InChI is InChI=1S/C27H26ClFN4O2/c1-16-25(21-10-9-20(34-2)11-23(21)28)26-30-24-15-35-14-22(24)27(33(26)31-16)32(12-17-3-4-17)13-18-5-7-19(29)8-6-18/h5-11,17H,3-4,12-15H2,1-2H3. The lowest BCUT2D eigenvalue weighted by molar-refractivity contribution is 0.133. The minimum Gasteiger partial charge on any atom is -0.497 e. The lowest BCUT2D eigenvalue weighted by Gasteiger charge is -2.27. The fraction of sp³-hybridized carbons (Fsp3) is 0.333. The number of methoxy groups -OCH3 is 1. The quantitative estimate of drug-likeness (QED) is 0.319. The summed E-state index contributed by atoms with van der Waals surface area (Å²) in [5.41, 5.74) is 6.42. The molecule has 6 nitrogen and oxygen atoms in total. The Morgan fingerprint density at radius 1 is 1.17 bits per heavy atom. The number of aromatic nitrogens is 3. The largest absolute Gasteiger partial charge is 0.497 e. The molecule has 0 spiro atoms. The van der Waals surface area contributed by atoms with Crippen LogP contribution in [0.15, 0.2) is 42.5 Å². The second-order valence-corrected chi connectivity index (χ2v) is 9.75. The Morgan fingerprint density at radius 3 is 2.69 bits per heavy atom. The number of nitrogens with zero attached hydrogens (tertiary/aromatic N) is 4. The first-order chi connectivity index (χ1) is 17.0. The molecule has 6 rings (SSSR count). The van der Waals surface area contributed by atoms with Gasteiger partial charge in [-0.2, -0.15) is 9.61 Å². The van der Waals surface area contributed by atoms with E-state index in [1.807, 2.05) is 41.8 Å². The van der Waals surface area contributed by atoms with Gasteiger partial charge in [-0.05, 0) is 61.6 Å². The summed E-state index contributed by atoms with van der Waals surface area (Å²) in [6, 6.07) is 12.4. The Balaban J connectivity index is 1.53. The minimum absolute atomic E-state index is 0.230. The van der Waals surface area contributed by atoms with Crippen molar-refractivity contribution in [3.63, 3.8) is 0 Å². The average Bonchev–Trinajstić information content (AvgIpc) is 3.44. The molecular weight excluding hydrogens is 467 g/mol. The van der Waals surface area contributed by atoms with Gasteiger partial charge in [-0.15, -0.1) is 0 Å². The van der Waals surface area contributed by atoms with Crippen molar-refractivity contribution < 1.29 is 13.9 Å². The lowest BCUT2D eigenvalue weighted by Crippen LogP contribution is -2.29. The Kier molecular flexibility index (Phi) is 5.61. The number of ether oxygens (including phenoxy) is 2. The van der Waals surface area contributed by atoms with Gasteiger partial charge in [0.1, 0.15) is 17.4 Å². The van der Waals surface area contributed by atoms with Crippen LogP contribution in [0.25, 0.3) is 16.8 Å². The number of fused-ring (bicyclic) bond motifs is 2. The van der Waals surface area contributed by atoms with Gasteiger partial charge in [0.05, 0.1) is 42.3 Å². The average molecular weight is 493 g/mol. The zero-order chi connectivity index (χ0) is 24.1. The van der Waals surface area contributed by atoms with Crippen molar-refractivity contribution in [2.24, 2.45) is 5.92 Å². The van der Waals surface area contributed by atoms with Gasteiger partial charge in [-0.1, -0.05) is 23.7 Å². The van der Waals surface area contributed by atoms with Crippen molar-refractivity contribution in [2.45, 2.75) is 39.5 Å². The first kappa shape index (κ1) is 22.3. The Labute approximate surface area is 208 Å². The highest BCUT2D eigenvalue weighted by molar-refractivity contribution is 6.33. The van der Waals surface area contributed by atoms with Crippen LogP contribution in [0.2, 0.25) is 5.02 Å². The maximum Gasteiger partial charge on any atom is 0.165 e. The number of hydrogen-bond acceptors (Lipinski definition) is 5. The van der Waals surface area contributed by atoms with Crippen molar-refractivity contribution >= 4 is 23.1 Å². The number of halogens is 2. The first-order valence-electron chi connectivity index (χ1n) is 11.8. The van der Waals surface area contributed by atoms with Crippen molar-refractivity contribution in [3.8, 4) is 16.9 Å². The maximum atomic E-state index is 13.6. The molecule has 0 radical (unpaired) electrons. The fourth-order valence-corrected chi connectivity index (χ4v) is 5.11. The third kappa shape index (κ3) is 4.13. The number of anilines is 1. The summed E-state index contributed by atoms with van der Waals surface area (Å²) in [7, 11) is 1.62. The molecule has 0 unspecified atom stereocenters. The van der Waals surface area contributed by atoms with Crippen LogP contribution in [-0.4, -0.2) is 28.3 Å². The first-order valence-corrected chi connectivity index (χ1v) is 12.2. The summed E-state index contributed by atoms with van der Waals surface area (Å²) in [5.74, 6) is 2.11. The molecule has 0 N–H and O–H groups in total. The predicted octanol–water partition coefficient (Wildman–Crippen LogP) is 5.95. The van der Waals surface area contributed by atoms with E-state index in [9.17, 15) is 4.39 Å². The summed E-state index contributed by atoms with van der Waals surface area (Å²) in [5, 5.41) is 5.55. The van der Waals surface area contributed by atoms with Crippen LogP contribution in [0.3, 0.4) is 0 Å². The highest BCUT2D eigenvalue weighted by atomic mass is 35.5. The van der Waals surface area contributed by atoms with Crippen molar-refractivity contribution in [2.75, 3.05) is 18.6 Å². The molecule has 2 aliphatic rings. The number of hydrogen-bond donors (Lipinski definition) is 0. The van der Waals surface area contributed by atoms with Crippen molar-refractivity contribution in [1.29, 1.82) is 0 Å². The Hall–Kier alpha value is -3.16. The molecule has 2 aromatic carbocycles. The molecule has 1 saturated carbocycles. The van der Waals surface area contributed by atoms with E-state index in [1.54, 1.807) is 7.11 Å². The molecule has 4 aromatic rings. The summed E-state index contributed by atoms with van der Waals surface area (Å²) in [6.07, 6.45) is 2.44. The van der Waals surface area contributed by atoms with E-state index in [2.05, 4.69) is 4.90 Å². The molecule has 0 amide bonds. The summed E-state index contributed by atoms with van der Waals surface area (Å²) in [6.45, 7) is 4.50. The molecule has 0 atom stereocenters. The zero-order valence-corrected chi connectivity index (χ0v) is 20.5. The molecule has 35 heavy (non-hydrogen) atoms. The van der Waals surface area contributed by atoms with Crippen LogP contribution < -0.4 is 9.64 Å². The fourth-order valence-electron chi connectivity index (χ4n) is 4.85. The van der Waals surface area contributed by atoms with Gasteiger partial charge >= 0.3 is 0 Å². The second kappa shape index (κ2) is 8.81. The van der Waals surface area contributed by atoms with E-state index in [-0.39, 0.29) is 5.82 Å². The molecule has 8 heteroatoms. The van der Waals surface area contributed by atoms with Crippen LogP contribution >= 0.6 is 11.6 Å². The van der Waals surface area contributed by atoms with E-state index >= 15 is 0 Å². The van der Waals surface area contributed by atoms with E-state index in [0.717, 1.165) is 51.7 Å². The number of aryl methyl sites for hydroxylation is 1. The van der Waals surface area contributed by atoms with Gasteiger partial charge in [-0.25, -0.2) is 9.37 Å². The molecule has 1 fully saturated rings. The smallest absolute Gasteiger partial charge is 0.165 e. The third-order valence-electron chi connectivity index (χ3n) is 6.79. The highest BCUT2D eigenvalue weighted by Gasteiger charge is 2.31. The van der Waals surface area contributed by atoms with Crippen molar-refractivity contribution in [3.05, 3.63) is 75.8 Å². The second-order valence-electron chi connectivity index (χ2n) is 9.35. The normalized spacial score (nSPS) is 15.0. The molecule has 1 aliphatic carbocycles. The molecule has 2 aromatic heterocycles. The van der Waals surface area contributed by atoms with Crippen LogP contribution in [0.1, 0.15) is 35.4 Å². The minimum atomic E-state index is -0.230. The Morgan fingerprint density at radius 2 is 1.97 bits per heavy atom. The molecular formula is C27H26ClFN4O2. The molecule has 0 bridgehead atoms. The topological polar surface area (TPSA) is 51.9 Å². The molecule has 0 saturated heterocycles. The molecule has 3 heterocycles. The van der Waals surface area contributed by atoms with Crippen molar-refractivity contribution in [1.82, 2.24) is 14.6 Å². The zero-order valence-electron chi connectivity index (χ0n) is 19.7. The maximum absolute atomic E-state index is 13.6. The van der Waals surface area contributed by atoms with Gasteiger partial charge in [0.2, 0.25) is 0 Å². The van der Waals surface area contributed by atoms with E-state index in [1.165, 1.54) is 25.0 Å². The molecule has 1 aliphatic heterocycles. The lowest BCUT2D eigenvalue weighted by atomic mass is 10.1. The number of benzene rings is 2. The highest BCUT2D eigenvalue weighted by Crippen LogP contribution is 2.40. The van der Waals surface area contributed by atoms with E-state index in [4.69, 9.17) is 31.2 Å². The Bertz CT molecular complexity index is 1420. The van der Waals surface area contributed by atoms with Gasteiger partial charge < -0.3 is 14.4 Å². The predicted molar refractivity (Wildman–Crippen MR) is 133 cm³/mol. The van der Waals surface area contributed by atoms with Crippen LogP contribution in [-0.2, 0) is 24.5 Å².